The lowest BCUT2D eigenvalue weighted by molar-refractivity contribution is -0.121. The van der Waals surface area contributed by atoms with Gasteiger partial charge in [-0.1, -0.05) is 42.5 Å². The van der Waals surface area contributed by atoms with E-state index in [0.717, 1.165) is 5.56 Å². The van der Waals surface area contributed by atoms with Crippen molar-refractivity contribution in [1.29, 1.82) is 0 Å². The molecule has 2 aromatic carbocycles. The number of carbonyl (C=O) groups is 1. The lowest BCUT2D eigenvalue weighted by atomic mass is 9.96. The van der Waals surface area contributed by atoms with Crippen molar-refractivity contribution in [2.24, 2.45) is 0 Å². The fraction of sp³-hybridized carbons (Fsp3) is 0.182. The first-order valence-corrected chi connectivity index (χ1v) is 9.15. The molecule has 4 aromatic rings. The van der Waals surface area contributed by atoms with E-state index in [0.29, 0.717) is 19.5 Å². The van der Waals surface area contributed by atoms with Crippen LogP contribution in [-0.2, 0) is 11.3 Å². The van der Waals surface area contributed by atoms with E-state index >= 15 is 0 Å². The monoisotopic (exact) mass is 358 g/mol. The van der Waals surface area contributed by atoms with Crippen molar-refractivity contribution in [1.82, 2.24) is 19.7 Å². The van der Waals surface area contributed by atoms with E-state index in [1.54, 1.807) is 6.20 Å². The average Bonchev–Trinajstić information content (AvgIpc) is 3.40. The Labute approximate surface area is 158 Å². The smallest absolute Gasteiger partial charge is 0.222 e. The van der Waals surface area contributed by atoms with Crippen molar-refractivity contribution in [3.8, 4) is 0 Å². The van der Waals surface area contributed by atoms with Gasteiger partial charge in [0, 0.05) is 31.3 Å². The molecule has 0 aliphatic rings. The van der Waals surface area contributed by atoms with E-state index in [1.807, 2.05) is 53.6 Å². The van der Waals surface area contributed by atoms with E-state index in [2.05, 4.69) is 45.3 Å². The minimum absolute atomic E-state index is 0.0359. The van der Waals surface area contributed by atoms with Crippen molar-refractivity contribution < 1.29 is 4.79 Å². The highest BCUT2D eigenvalue weighted by Gasteiger charge is 2.19. The first-order valence-electron chi connectivity index (χ1n) is 9.15. The van der Waals surface area contributed by atoms with Gasteiger partial charge in [-0.25, -0.2) is 0 Å². The fourth-order valence-electron chi connectivity index (χ4n) is 3.46. The first kappa shape index (κ1) is 17.1. The Balaban J connectivity index is 1.54. The lowest BCUT2D eigenvalue weighted by Gasteiger charge is -2.21. The number of nitrogens with one attached hydrogen (secondary N) is 1. The molecule has 1 N–H and O–H groups in total. The molecule has 2 heterocycles. The van der Waals surface area contributed by atoms with Crippen LogP contribution in [0.4, 0.5) is 0 Å². The summed E-state index contributed by atoms with van der Waals surface area (Å²) in [4.78, 5) is 12.6. The van der Waals surface area contributed by atoms with Crippen LogP contribution in [0.1, 0.15) is 18.0 Å². The third kappa shape index (κ3) is 3.92. The minimum Gasteiger partial charge on any atom is -0.354 e. The zero-order valence-electron chi connectivity index (χ0n) is 15.0. The molecule has 27 heavy (non-hydrogen) atoms. The molecule has 0 aliphatic heterocycles. The summed E-state index contributed by atoms with van der Waals surface area (Å²) < 4.78 is 3.92. The van der Waals surface area contributed by atoms with E-state index < -0.39 is 0 Å². The van der Waals surface area contributed by atoms with E-state index in [-0.39, 0.29) is 11.9 Å². The van der Waals surface area contributed by atoms with Crippen LogP contribution < -0.4 is 5.32 Å². The van der Waals surface area contributed by atoms with Crippen LogP contribution in [0.15, 0.2) is 85.5 Å². The van der Waals surface area contributed by atoms with Gasteiger partial charge in [0.25, 0.3) is 0 Å². The predicted molar refractivity (Wildman–Crippen MR) is 106 cm³/mol. The van der Waals surface area contributed by atoms with Gasteiger partial charge in [-0.05, 0) is 34.5 Å². The number of fused-ring (bicyclic) bond motifs is 1. The summed E-state index contributed by atoms with van der Waals surface area (Å²) in [7, 11) is 0. The van der Waals surface area contributed by atoms with Crippen LogP contribution in [0.2, 0.25) is 0 Å². The average molecular weight is 358 g/mol. The second-order valence-corrected chi connectivity index (χ2v) is 6.54. The number of carbonyl (C=O) groups excluding carboxylic acids is 1. The van der Waals surface area contributed by atoms with Gasteiger partial charge in [-0.15, -0.1) is 0 Å². The number of hydrogen-bond donors (Lipinski definition) is 1. The second kappa shape index (κ2) is 7.91. The number of rotatable bonds is 7. The molecule has 0 saturated carbocycles. The molecular weight excluding hydrogens is 336 g/mol. The van der Waals surface area contributed by atoms with Crippen molar-refractivity contribution in [2.75, 3.05) is 6.54 Å². The molecule has 5 heteroatoms. The molecule has 5 nitrogen and oxygen atoms in total. The van der Waals surface area contributed by atoms with Gasteiger partial charge in [-0.2, -0.15) is 5.10 Å². The molecule has 0 fully saturated rings. The van der Waals surface area contributed by atoms with Gasteiger partial charge >= 0.3 is 0 Å². The van der Waals surface area contributed by atoms with Gasteiger partial charge in [0.15, 0.2) is 0 Å². The fourth-order valence-corrected chi connectivity index (χ4v) is 3.46. The van der Waals surface area contributed by atoms with Crippen molar-refractivity contribution >= 4 is 16.7 Å². The molecule has 0 radical (unpaired) electrons. The molecule has 0 bridgehead atoms. The second-order valence-electron chi connectivity index (χ2n) is 6.54. The highest BCUT2D eigenvalue weighted by Crippen LogP contribution is 2.29. The third-order valence-corrected chi connectivity index (χ3v) is 4.77. The normalized spacial score (nSPS) is 12.1. The lowest BCUT2D eigenvalue weighted by Crippen LogP contribution is -2.29. The number of nitrogens with zero attached hydrogens (tertiary/aromatic N) is 3. The Hall–Kier alpha value is -3.34. The van der Waals surface area contributed by atoms with E-state index in [4.69, 9.17) is 0 Å². The zero-order chi connectivity index (χ0) is 18.5. The summed E-state index contributed by atoms with van der Waals surface area (Å²) in [6.07, 6.45) is 8.06. The Morgan fingerprint density at radius 3 is 2.59 bits per heavy atom. The molecule has 4 rings (SSSR count). The van der Waals surface area contributed by atoms with Crippen molar-refractivity contribution in [2.45, 2.75) is 19.0 Å². The molecule has 2 aromatic heterocycles. The number of hydrogen-bond acceptors (Lipinski definition) is 2. The van der Waals surface area contributed by atoms with E-state index in [1.165, 1.54) is 10.8 Å². The number of benzene rings is 2. The summed E-state index contributed by atoms with van der Waals surface area (Å²) in [5.74, 6) is 0.0359. The van der Waals surface area contributed by atoms with E-state index in [9.17, 15) is 4.79 Å². The number of aromatic nitrogens is 3. The third-order valence-electron chi connectivity index (χ3n) is 4.77. The summed E-state index contributed by atoms with van der Waals surface area (Å²) in [5, 5.41) is 9.55. The standard InChI is InChI=1S/C22H22N4O/c27-22(23-12-16-26-15-6-11-24-26)17-21(25-13-3-4-14-25)20-10-5-8-18-7-1-2-9-19(18)20/h1-11,13-15,21H,12,16-17H2,(H,23,27)/t21-/m0/s1. The highest BCUT2D eigenvalue weighted by molar-refractivity contribution is 5.87. The van der Waals surface area contributed by atoms with Gasteiger partial charge in [0.05, 0.1) is 19.0 Å². The van der Waals surface area contributed by atoms with Crippen LogP contribution >= 0.6 is 0 Å². The summed E-state index contributed by atoms with van der Waals surface area (Å²) >= 11 is 0. The zero-order valence-corrected chi connectivity index (χ0v) is 15.0. The van der Waals surface area contributed by atoms with Crippen LogP contribution in [-0.4, -0.2) is 26.8 Å². The Bertz CT molecular complexity index is 1000. The maximum Gasteiger partial charge on any atom is 0.222 e. The topological polar surface area (TPSA) is 51.9 Å². The Morgan fingerprint density at radius 2 is 1.78 bits per heavy atom. The Kier molecular flexibility index (Phi) is 5.01. The van der Waals surface area contributed by atoms with Gasteiger partial charge in [0.2, 0.25) is 5.91 Å². The summed E-state index contributed by atoms with van der Waals surface area (Å²) in [6, 6.07) is 20.4. The van der Waals surface area contributed by atoms with Gasteiger partial charge in [0.1, 0.15) is 0 Å². The minimum atomic E-state index is -0.0456. The number of amides is 1. The van der Waals surface area contributed by atoms with Gasteiger partial charge in [-0.3, -0.25) is 9.48 Å². The largest absolute Gasteiger partial charge is 0.354 e. The molecule has 0 unspecified atom stereocenters. The molecule has 0 aliphatic carbocycles. The SMILES string of the molecule is O=C(C[C@@H](c1cccc2ccccc12)n1cccc1)NCCn1cccn1. The van der Waals surface area contributed by atoms with Crippen molar-refractivity contribution in [3.63, 3.8) is 0 Å². The highest BCUT2D eigenvalue weighted by atomic mass is 16.1. The molecule has 136 valence electrons. The quantitative estimate of drug-likeness (QED) is 0.548. The summed E-state index contributed by atoms with van der Waals surface area (Å²) in [5.41, 5.74) is 1.16. The summed E-state index contributed by atoms with van der Waals surface area (Å²) in [6.45, 7) is 1.23. The molecule has 0 saturated heterocycles. The van der Waals surface area contributed by atoms with Crippen LogP contribution in [0.5, 0.6) is 0 Å². The molecule has 1 atom stereocenters. The molecular formula is C22H22N4O. The molecule has 1 amide bonds. The molecule has 0 spiro atoms. The van der Waals surface area contributed by atoms with Crippen molar-refractivity contribution in [3.05, 3.63) is 91.0 Å². The Morgan fingerprint density at radius 1 is 0.963 bits per heavy atom. The van der Waals surface area contributed by atoms with Crippen LogP contribution in [0.3, 0.4) is 0 Å². The maximum atomic E-state index is 12.6. The predicted octanol–water partition coefficient (Wildman–Crippen LogP) is 3.63. The van der Waals surface area contributed by atoms with Crippen LogP contribution in [0, 0.1) is 0 Å². The van der Waals surface area contributed by atoms with Gasteiger partial charge < -0.3 is 9.88 Å². The maximum absolute atomic E-state index is 12.6. The van der Waals surface area contributed by atoms with Crippen LogP contribution in [0.25, 0.3) is 10.8 Å². The first-order chi connectivity index (χ1) is 13.3.